The highest BCUT2D eigenvalue weighted by molar-refractivity contribution is 5.72. The molecule has 0 aromatic heterocycles. The van der Waals surface area contributed by atoms with Gasteiger partial charge in [-0.3, -0.25) is 9.69 Å². The van der Waals surface area contributed by atoms with Crippen LogP contribution in [0.2, 0.25) is 0 Å². The molecule has 2 aliphatic rings. The van der Waals surface area contributed by atoms with Gasteiger partial charge in [0.1, 0.15) is 18.4 Å². The van der Waals surface area contributed by atoms with Gasteiger partial charge in [0.05, 0.1) is 0 Å². The normalized spacial score (nSPS) is 27.5. The first-order valence-electron chi connectivity index (χ1n) is 8.28. The largest absolute Gasteiger partial charge is 0.492 e. The molecule has 0 heterocycles. The summed E-state index contributed by atoms with van der Waals surface area (Å²) >= 11 is 0. The zero-order valence-corrected chi connectivity index (χ0v) is 13.1. The Bertz CT molecular complexity index is 494. The molecule has 3 rings (SSSR count). The van der Waals surface area contributed by atoms with Gasteiger partial charge in [0.25, 0.3) is 0 Å². The van der Waals surface area contributed by atoms with Gasteiger partial charge < -0.3 is 9.84 Å². The molecule has 1 aromatic carbocycles. The Morgan fingerprint density at radius 2 is 1.95 bits per heavy atom. The van der Waals surface area contributed by atoms with E-state index in [1.807, 2.05) is 30.3 Å². The molecule has 3 unspecified atom stereocenters. The second-order valence-electron chi connectivity index (χ2n) is 6.76. The molecule has 0 aliphatic heterocycles. The van der Waals surface area contributed by atoms with E-state index < -0.39 is 12.0 Å². The third kappa shape index (κ3) is 3.80. The van der Waals surface area contributed by atoms with Crippen molar-refractivity contribution in [2.45, 2.75) is 32.2 Å². The van der Waals surface area contributed by atoms with Gasteiger partial charge in [-0.1, -0.05) is 18.2 Å². The van der Waals surface area contributed by atoms with Crippen LogP contribution in [0.1, 0.15) is 26.2 Å². The first-order valence-corrected chi connectivity index (χ1v) is 8.28. The summed E-state index contributed by atoms with van der Waals surface area (Å²) in [5.74, 6) is 2.64. The van der Waals surface area contributed by atoms with Crippen molar-refractivity contribution in [2.24, 2.45) is 17.8 Å². The highest BCUT2D eigenvalue weighted by Crippen LogP contribution is 2.54. The van der Waals surface area contributed by atoms with Crippen LogP contribution in [-0.4, -0.2) is 41.7 Å². The van der Waals surface area contributed by atoms with Crippen LogP contribution in [0.5, 0.6) is 5.75 Å². The van der Waals surface area contributed by atoms with E-state index >= 15 is 0 Å². The maximum Gasteiger partial charge on any atom is 0.320 e. The van der Waals surface area contributed by atoms with E-state index in [9.17, 15) is 9.90 Å². The van der Waals surface area contributed by atoms with Gasteiger partial charge in [-0.2, -0.15) is 0 Å². The zero-order chi connectivity index (χ0) is 15.5. The van der Waals surface area contributed by atoms with Crippen LogP contribution in [0.4, 0.5) is 0 Å². The number of nitrogens with zero attached hydrogens (tertiary/aromatic N) is 1. The molecule has 2 saturated carbocycles. The predicted molar refractivity (Wildman–Crippen MR) is 84.9 cm³/mol. The Hall–Kier alpha value is -1.55. The summed E-state index contributed by atoms with van der Waals surface area (Å²) in [4.78, 5) is 13.4. The fourth-order valence-electron chi connectivity index (χ4n) is 3.72. The lowest BCUT2D eigenvalue weighted by Gasteiger charge is -2.29. The van der Waals surface area contributed by atoms with E-state index in [0.717, 1.165) is 24.1 Å². The Morgan fingerprint density at radius 3 is 2.59 bits per heavy atom. The van der Waals surface area contributed by atoms with Gasteiger partial charge in [-0.25, -0.2) is 0 Å². The number of benzene rings is 1. The summed E-state index contributed by atoms with van der Waals surface area (Å²) in [6, 6.07) is 9.24. The van der Waals surface area contributed by atoms with Crippen molar-refractivity contribution in [3.05, 3.63) is 30.3 Å². The lowest BCUT2D eigenvalue weighted by Crippen LogP contribution is -2.43. The molecule has 0 radical (unpaired) electrons. The SMILES string of the molecule is CC(C(=O)O)N(CCOc1ccccc1)CC1CC2CC2C1. The van der Waals surface area contributed by atoms with Crippen LogP contribution in [0.15, 0.2) is 30.3 Å². The summed E-state index contributed by atoms with van der Waals surface area (Å²) in [5, 5.41) is 9.32. The maximum atomic E-state index is 11.3. The number of rotatable bonds is 8. The van der Waals surface area contributed by atoms with Crippen LogP contribution < -0.4 is 4.74 Å². The molecule has 0 amide bonds. The van der Waals surface area contributed by atoms with Gasteiger partial charge in [0.15, 0.2) is 0 Å². The molecule has 1 N–H and O–H groups in total. The molecule has 0 saturated heterocycles. The highest BCUT2D eigenvalue weighted by Gasteiger charge is 2.46. The van der Waals surface area contributed by atoms with Gasteiger partial charge >= 0.3 is 5.97 Å². The van der Waals surface area contributed by atoms with E-state index in [2.05, 4.69) is 4.90 Å². The molecule has 120 valence electrons. The summed E-state index contributed by atoms with van der Waals surface area (Å²) in [7, 11) is 0. The van der Waals surface area contributed by atoms with Crippen LogP contribution in [-0.2, 0) is 4.79 Å². The topological polar surface area (TPSA) is 49.8 Å². The molecule has 2 aliphatic carbocycles. The fraction of sp³-hybridized carbons (Fsp3) is 0.611. The van der Waals surface area contributed by atoms with E-state index in [4.69, 9.17) is 4.74 Å². The Morgan fingerprint density at radius 1 is 1.27 bits per heavy atom. The maximum absolute atomic E-state index is 11.3. The molecule has 2 fully saturated rings. The van der Waals surface area contributed by atoms with Crippen LogP contribution in [0, 0.1) is 17.8 Å². The second-order valence-corrected chi connectivity index (χ2v) is 6.76. The lowest BCUT2D eigenvalue weighted by atomic mass is 10.0. The number of carbonyl (C=O) groups is 1. The van der Waals surface area contributed by atoms with Crippen LogP contribution >= 0.6 is 0 Å². The van der Waals surface area contributed by atoms with E-state index in [1.165, 1.54) is 19.3 Å². The zero-order valence-electron chi connectivity index (χ0n) is 13.1. The molecular formula is C18H25NO3. The van der Waals surface area contributed by atoms with Crippen LogP contribution in [0.25, 0.3) is 0 Å². The number of carboxylic acids is 1. The molecule has 1 aromatic rings. The van der Waals surface area contributed by atoms with Gasteiger partial charge in [-0.15, -0.1) is 0 Å². The number of aliphatic carboxylic acids is 1. The number of ether oxygens (including phenoxy) is 1. The van der Waals surface area contributed by atoms with Crippen molar-refractivity contribution in [1.29, 1.82) is 0 Å². The molecule has 4 nitrogen and oxygen atoms in total. The Balaban J connectivity index is 1.50. The molecule has 22 heavy (non-hydrogen) atoms. The first kappa shape index (κ1) is 15.3. The lowest BCUT2D eigenvalue weighted by molar-refractivity contribution is -0.143. The molecule has 0 bridgehead atoms. The minimum atomic E-state index is -0.747. The fourth-order valence-corrected chi connectivity index (χ4v) is 3.72. The summed E-state index contributed by atoms with van der Waals surface area (Å²) in [6.07, 6.45) is 3.97. The number of fused-ring (bicyclic) bond motifs is 1. The second kappa shape index (κ2) is 6.69. The number of para-hydroxylation sites is 1. The minimum Gasteiger partial charge on any atom is -0.492 e. The monoisotopic (exact) mass is 303 g/mol. The molecule has 0 spiro atoms. The van der Waals surface area contributed by atoms with Gasteiger partial charge in [-0.05, 0) is 56.1 Å². The molecule has 4 heteroatoms. The Kier molecular flexibility index (Phi) is 4.67. The molecular weight excluding hydrogens is 278 g/mol. The smallest absolute Gasteiger partial charge is 0.320 e. The van der Waals surface area contributed by atoms with Crippen molar-refractivity contribution in [2.75, 3.05) is 19.7 Å². The van der Waals surface area contributed by atoms with Crippen molar-refractivity contribution in [1.82, 2.24) is 4.90 Å². The quantitative estimate of drug-likeness (QED) is 0.802. The highest BCUT2D eigenvalue weighted by atomic mass is 16.5. The number of hydrogen-bond acceptors (Lipinski definition) is 3. The third-order valence-corrected chi connectivity index (χ3v) is 5.13. The average Bonchev–Trinajstić information content (AvgIpc) is 3.13. The van der Waals surface area contributed by atoms with Crippen molar-refractivity contribution in [3.8, 4) is 5.75 Å². The minimum absolute atomic E-state index is 0.448. The van der Waals surface area contributed by atoms with Crippen molar-refractivity contribution in [3.63, 3.8) is 0 Å². The third-order valence-electron chi connectivity index (χ3n) is 5.13. The van der Waals surface area contributed by atoms with E-state index in [0.29, 0.717) is 19.1 Å². The Labute approximate surface area is 132 Å². The van der Waals surface area contributed by atoms with Gasteiger partial charge in [0, 0.05) is 13.1 Å². The first-order chi connectivity index (χ1) is 10.6. The average molecular weight is 303 g/mol. The summed E-state index contributed by atoms with van der Waals surface area (Å²) in [5.41, 5.74) is 0. The summed E-state index contributed by atoms with van der Waals surface area (Å²) in [6.45, 7) is 3.86. The predicted octanol–water partition coefficient (Wildman–Crippen LogP) is 2.89. The van der Waals surface area contributed by atoms with E-state index in [1.54, 1.807) is 6.92 Å². The standard InChI is InChI=1S/C18H25NO3/c1-13(18(20)21)19(12-14-9-15-11-16(15)10-14)7-8-22-17-5-3-2-4-6-17/h2-6,13-16H,7-12H2,1H3,(H,20,21). The number of hydrogen-bond donors (Lipinski definition) is 1. The summed E-state index contributed by atoms with van der Waals surface area (Å²) < 4.78 is 5.73. The van der Waals surface area contributed by atoms with E-state index in [-0.39, 0.29) is 0 Å². The van der Waals surface area contributed by atoms with Crippen molar-refractivity contribution < 1.29 is 14.6 Å². The van der Waals surface area contributed by atoms with Gasteiger partial charge in [0.2, 0.25) is 0 Å². The van der Waals surface area contributed by atoms with Crippen LogP contribution in [0.3, 0.4) is 0 Å². The number of carboxylic acid groups (broad SMARTS) is 1. The van der Waals surface area contributed by atoms with Crippen molar-refractivity contribution >= 4 is 5.97 Å². The molecule has 3 atom stereocenters.